The molecule has 2 rings (SSSR count). The fourth-order valence-corrected chi connectivity index (χ4v) is 2.77. The summed E-state index contributed by atoms with van der Waals surface area (Å²) in [4.78, 5) is 0. The van der Waals surface area contributed by atoms with Crippen LogP contribution in [0.25, 0.3) is 0 Å². The first-order valence-corrected chi connectivity index (χ1v) is 8.25. The third-order valence-corrected chi connectivity index (χ3v) is 4.72. The standard InChI is InChI=1S/C13H19F2N3O2S/c1-18(8-2-7-16-11-4-5-11)21(19,20)17-13-9-10(14)3-6-12(13)15/h3,6,9,11,16-17H,2,4-5,7-8H2,1H3. The molecule has 0 saturated heterocycles. The topological polar surface area (TPSA) is 61.4 Å². The van der Waals surface area contributed by atoms with E-state index in [0.717, 1.165) is 29.0 Å². The molecule has 1 aliphatic rings. The van der Waals surface area contributed by atoms with Crippen molar-refractivity contribution in [3.8, 4) is 0 Å². The SMILES string of the molecule is CN(CCCNC1CC1)S(=O)(=O)Nc1cc(F)ccc1F. The van der Waals surface area contributed by atoms with Crippen LogP contribution in [-0.2, 0) is 10.2 Å². The molecular formula is C13H19F2N3O2S. The monoisotopic (exact) mass is 319 g/mol. The molecule has 1 fully saturated rings. The highest BCUT2D eigenvalue weighted by molar-refractivity contribution is 7.90. The van der Waals surface area contributed by atoms with Crippen LogP contribution >= 0.6 is 0 Å². The predicted molar refractivity (Wildman–Crippen MR) is 77.2 cm³/mol. The first-order chi connectivity index (χ1) is 9.88. The number of benzene rings is 1. The Labute approximate surface area is 123 Å². The van der Waals surface area contributed by atoms with E-state index in [1.165, 1.54) is 19.9 Å². The van der Waals surface area contributed by atoms with Crippen LogP contribution in [-0.4, -0.2) is 38.9 Å². The van der Waals surface area contributed by atoms with Crippen molar-refractivity contribution < 1.29 is 17.2 Å². The molecule has 0 heterocycles. The Hall–Kier alpha value is -1.25. The lowest BCUT2D eigenvalue weighted by molar-refractivity contribution is 0.457. The first kappa shape index (κ1) is 16.1. The zero-order valence-corrected chi connectivity index (χ0v) is 12.6. The van der Waals surface area contributed by atoms with Gasteiger partial charge in [-0.1, -0.05) is 0 Å². The maximum absolute atomic E-state index is 13.4. The molecule has 0 aromatic heterocycles. The second-order valence-corrected chi connectivity index (χ2v) is 6.91. The van der Waals surface area contributed by atoms with Gasteiger partial charge in [0, 0.05) is 25.7 Å². The molecule has 1 aromatic carbocycles. The van der Waals surface area contributed by atoms with Gasteiger partial charge in [0.25, 0.3) is 0 Å². The van der Waals surface area contributed by atoms with E-state index >= 15 is 0 Å². The largest absolute Gasteiger partial charge is 0.314 e. The molecule has 0 spiro atoms. The van der Waals surface area contributed by atoms with Crippen molar-refractivity contribution in [2.45, 2.75) is 25.3 Å². The smallest absolute Gasteiger partial charge is 0.301 e. The molecule has 0 bridgehead atoms. The van der Waals surface area contributed by atoms with Crippen molar-refractivity contribution >= 4 is 15.9 Å². The van der Waals surface area contributed by atoms with Gasteiger partial charge in [-0.05, 0) is 37.9 Å². The number of anilines is 1. The lowest BCUT2D eigenvalue weighted by Gasteiger charge is -2.18. The maximum Gasteiger partial charge on any atom is 0.301 e. The molecule has 1 aliphatic carbocycles. The summed E-state index contributed by atoms with van der Waals surface area (Å²) >= 11 is 0. The number of nitrogens with zero attached hydrogens (tertiary/aromatic N) is 1. The van der Waals surface area contributed by atoms with Gasteiger partial charge in [0.1, 0.15) is 11.6 Å². The summed E-state index contributed by atoms with van der Waals surface area (Å²) in [5, 5.41) is 3.28. The highest BCUT2D eigenvalue weighted by Crippen LogP contribution is 2.19. The summed E-state index contributed by atoms with van der Waals surface area (Å²) < 4.78 is 53.6. The molecule has 0 aliphatic heterocycles. The van der Waals surface area contributed by atoms with Crippen LogP contribution in [0.1, 0.15) is 19.3 Å². The van der Waals surface area contributed by atoms with E-state index in [2.05, 4.69) is 10.0 Å². The maximum atomic E-state index is 13.4. The minimum absolute atomic E-state index is 0.298. The normalized spacial score (nSPS) is 15.4. The van der Waals surface area contributed by atoms with Gasteiger partial charge in [0.2, 0.25) is 0 Å². The predicted octanol–water partition coefficient (Wildman–Crippen LogP) is 1.70. The van der Waals surface area contributed by atoms with E-state index in [4.69, 9.17) is 0 Å². The van der Waals surface area contributed by atoms with Crippen molar-refractivity contribution in [1.29, 1.82) is 0 Å². The molecule has 0 radical (unpaired) electrons. The average Bonchev–Trinajstić information content (AvgIpc) is 3.22. The number of rotatable bonds is 8. The fraction of sp³-hybridized carbons (Fsp3) is 0.538. The molecule has 21 heavy (non-hydrogen) atoms. The van der Waals surface area contributed by atoms with E-state index in [-0.39, 0.29) is 0 Å². The van der Waals surface area contributed by atoms with E-state index < -0.39 is 27.5 Å². The summed E-state index contributed by atoms with van der Waals surface area (Å²) in [6.45, 7) is 1.03. The minimum atomic E-state index is -3.89. The van der Waals surface area contributed by atoms with Crippen LogP contribution in [0.3, 0.4) is 0 Å². The molecule has 8 heteroatoms. The van der Waals surface area contributed by atoms with Gasteiger partial charge in [-0.2, -0.15) is 12.7 Å². The minimum Gasteiger partial charge on any atom is -0.314 e. The lowest BCUT2D eigenvalue weighted by Crippen LogP contribution is -2.35. The van der Waals surface area contributed by atoms with Crippen molar-refractivity contribution in [1.82, 2.24) is 9.62 Å². The number of hydrogen-bond acceptors (Lipinski definition) is 3. The van der Waals surface area contributed by atoms with Crippen LogP contribution in [0.15, 0.2) is 18.2 Å². The molecule has 0 unspecified atom stereocenters. The third-order valence-electron chi connectivity index (χ3n) is 3.24. The zero-order chi connectivity index (χ0) is 15.5. The van der Waals surface area contributed by atoms with Crippen LogP contribution in [0.5, 0.6) is 0 Å². The summed E-state index contributed by atoms with van der Waals surface area (Å²) in [6.07, 6.45) is 3.00. The highest BCUT2D eigenvalue weighted by atomic mass is 32.2. The Morgan fingerprint density at radius 3 is 2.71 bits per heavy atom. The summed E-state index contributed by atoms with van der Waals surface area (Å²) in [7, 11) is -2.49. The number of hydrogen-bond donors (Lipinski definition) is 2. The van der Waals surface area contributed by atoms with Gasteiger partial charge in [-0.3, -0.25) is 4.72 Å². The van der Waals surface area contributed by atoms with Gasteiger partial charge in [-0.15, -0.1) is 0 Å². The molecule has 1 saturated carbocycles. The van der Waals surface area contributed by atoms with Gasteiger partial charge < -0.3 is 5.32 Å². The quantitative estimate of drug-likeness (QED) is 0.717. The first-order valence-electron chi connectivity index (χ1n) is 6.81. The van der Waals surface area contributed by atoms with Crippen molar-refractivity contribution in [2.24, 2.45) is 0 Å². The van der Waals surface area contributed by atoms with Crippen LogP contribution in [0.4, 0.5) is 14.5 Å². The molecule has 1 aromatic rings. The summed E-state index contributed by atoms with van der Waals surface area (Å²) in [5.41, 5.74) is -0.391. The molecule has 2 N–H and O–H groups in total. The van der Waals surface area contributed by atoms with E-state index in [1.807, 2.05) is 0 Å². The summed E-state index contributed by atoms with van der Waals surface area (Å²) in [5.74, 6) is -1.52. The molecule has 118 valence electrons. The van der Waals surface area contributed by atoms with Crippen LogP contribution in [0.2, 0.25) is 0 Å². The van der Waals surface area contributed by atoms with E-state index in [1.54, 1.807) is 0 Å². The van der Waals surface area contributed by atoms with Gasteiger partial charge >= 0.3 is 10.2 Å². The average molecular weight is 319 g/mol. The Morgan fingerprint density at radius 1 is 1.33 bits per heavy atom. The molecule has 5 nitrogen and oxygen atoms in total. The second-order valence-electron chi connectivity index (χ2n) is 5.13. The van der Waals surface area contributed by atoms with Crippen molar-refractivity contribution in [3.05, 3.63) is 29.8 Å². The van der Waals surface area contributed by atoms with Gasteiger partial charge in [0.15, 0.2) is 0 Å². The summed E-state index contributed by atoms with van der Waals surface area (Å²) in [6, 6.07) is 3.20. The number of nitrogens with one attached hydrogen (secondary N) is 2. The van der Waals surface area contributed by atoms with Gasteiger partial charge in [-0.25, -0.2) is 8.78 Å². The van der Waals surface area contributed by atoms with E-state index in [0.29, 0.717) is 19.0 Å². The Balaban J connectivity index is 1.88. The number of halogens is 2. The van der Waals surface area contributed by atoms with Crippen LogP contribution in [0, 0.1) is 11.6 Å². The molecule has 0 amide bonds. The lowest BCUT2D eigenvalue weighted by atomic mass is 10.3. The van der Waals surface area contributed by atoms with Crippen molar-refractivity contribution in [2.75, 3.05) is 24.9 Å². The van der Waals surface area contributed by atoms with Crippen molar-refractivity contribution in [3.63, 3.8) is 0 Å². The highest BCUT2D eigenvalue weighted by Gasteiger charge is 2.21. The second kappa shape index (κ2) is 6.67. The third kappa shape index (κ3) is 4.90. The van der Waals surface area contributed by atoms with Crippen LogP contribution < -0.4 is 10.0 Å². The zero-order valence-electron chi connectivity index (χ0n) is 11.8. The molecule has 0 atom stereocenters. The fourth-order valence-electron chi connectivity index (χ4n) is 1.81. The van der Waals surface area contributed by atoms with Gasteiger partial charge in [0.05, 0.1) is 5.69 Å². The van der Waals surface area contributed by atoms with E-state index in [9.17, 15) is 17.2 Å². The Kier molecular flexibility index (Phi) is 5.13. The Bertz CT molecular complexity index is 591. The Morgan fingerprint density at radius 2 is 2.05 bits per heavy atom. The molecular weight excluding hydrogens is 300 g/mol.